The summed E-state index contributed by atoms with van der Waals surface area (Å²) in [6.07, 6.45) is 4.83. The van der Waals surface area contributed by atoms with Gasteiger partial charge in [-0.25, -0.2) is 4.79 Å². The van der Waals surface area contributed by atoms with E-state index in [2.05, 4.69) is 0 Å². The van der Waals surface area contributed by atoms with Crippen molar-refractivity contribution >= 4 is 5.69 Å². The van der Waals surface area contributed by atoms with Crippen LogP contribution < -0.4 is 17.0 Å². The summed E-state index contributed by atoms with van der Waals surface area (Å²) in [5.74, 6) is 0. The minimum absolute atomic E-state index is 0.0802. The Morgan fingerprint density at radius 2 is 2.14 bits per heavy atom. The van der Waals surface area contributed by atoms with E-state index in [0.29, 0.717) is 0 Å². The van der Waals surface area contributed by atoms with Crippen LogP contribution in [-0.2, 0) is 13.6 Å². The SMILES string of the molecule is C/C=C/Cn1c(=O)c(N)cn(C)c1=O. The van der Waals surface area contributed by atoms with Crippen LogP contribution in [0.1, 0.15) is 6.92 Å². The summed E-state index contributed by atoms with van der Waals surface area (Å²) in [4.78, 5) is 22.9. The number of aryl methyl sites for hydroxylation is 1. The van der Waals surface area contributed by atoms with Crippen molar-refractivity contribution < 1.29 is 0 Å². The van der Waals surface area contributed by atoms with Crippen LogP contribution in [0.2, 0.25) is 0 Å². The highest BCUT2D eigenvalue weighted by molar-refractivity contribution is 5.30. The zero-order chi connectivity index (χ0) is 10.7. The number of anilines is 1. The maximum absolute atomic E-state index is 11.5. The zero-order valence-electron chi connectivity index (χ0n) is 8.23. The Kier molecular flexibility index (Phi) is 2.91. The Morgan fingerprint density at radius 3 is 2.71 bits per heavy atom. The van der Waals surface area contributed by atoms with Gasteiger partial charge in [0.15, 0.2) is 0 Å². The fraction of sp³-hybridized carbons (Fsp3) is 0.333. The topological polar surface area (TPSA) is 70.0 Å². The molecule has 14 heavy (non-hydrogen) atoms. The second-order valence-electron chi connectivity index (χ2n) is 2.96. The van der Waals surface area contributed by atoms with Gasteiger partial charge in [0, 0.05) is 19.8 Å². The lowest BCUT2D eigenvalue weighted by atomic mass is 10.4. The largest absolute Gasteiger partial charge is 0.393 e. The van der Waals surface area contributed by atoms with Gasteiger partial charge in [-0.2, -0.15) is 0 Å². The van der Waals surface area contributed by atoms with Gasteiger partial charge >= 0.3 is 5.69 Å². The van der Waals surface area contributed by atoms with Gasteiger partial charge in [0.1, 0.15) is 5.69 Å². The molecule has 0 saturated heterocycles. The molecule has 0 amide bonds. The van der Waals surface area contributed by atoms with Crippen molar-refractivity contribution in [1.29, 1.82) is 0 Å². The fourth-order valence-electron chi connectivity index (χ4n) is 1.12. The van der Waals surface area contributed by atoms with E-state index in [1.807, 2.05) is 6.92 Å². The molecule has 5 nitrogen and oxygen atoms in total. The van der Waals surface area contributed by atoms with Gasteiger partial charge < -0.3 is 10.3 Å². The number of allylic oxidation sites excluding steroid dienone is 2. The van der Waals surface area contributed by atoms with Gasteiger partial charge in [-0.1, -0.05) is 12.2 Å². The van der Waals surface area contributed by atoms with Crippen LogP contribution >= 0.6 is 0 Å². The Balaban J connectivity index is 3.40. The first-order chi connectivity index (χ1) is 6.57. The molecule has 1 aromatic rings. The van der Waals surface area contributed by atoms with Crippen molar-refractivity contribution in [3.63, 3.8) is 0 Å². The molecule has 0 spiro atoms. The number of nitrogen functional groups attached to an aromatic ring is 1. The fourth-order valence-corrected chi connectivity index (χ4v) is 1.12. The third kappa shape index (κ3) is 1.76. The molecule has 0 aromatic carbocycles. The molecule has 1 heterocycles. The Labute approximate surface area is 81.1 Å². The molecule has 1 rings (SSSR count). The van der Waals surface area contributed by atoms with Gasteiger partial charge in [-0.15, -0.1) is 0 Å². The first-order valence-corrected chi connectivity index (χ1v) is 4.25. The van der Waals surface area contributed by atoms with Crippen LogP contribution in [0.25, 0.3) is 0 Å². The second-order valence-corrected chi connectivity index (χ2v) is 2.96. The number of hydrogen-bond donors (Lipinski definition) is 1. The quantitative estimate of drug-likeness (QED) is 0.659. The van der Waals surface area contributed by atoms with Gasteiger partial charge in [0.25, 0.3) is 5.56 Å². The number of nitrogens with two attached hydrogens (primary N) is 1. The summed E-state index contributed by atoms with van der Waals surface area (Å²) in [6, 6.07) is 0. The Hall–Kier alpha value is -1.78. The number of hydrogen-bond acceptors (Lipinski definition) is 3. The van der Waals surface area contributed by atoms with E-state index in [1.54, 1.807) is 19.2 Å². The Morgan fingerprint density at radius 1 is 1.50 bits per heavy atom. The molecule has 76 valence electrons. The van der Waals surface area contributed by atoms with Crippen LogP contribution in [0.3, 0.4) is 0 Å². The van der Waals surface area contributed by atoms with E-state index in [-0.39, 0.29) is 17.9 Å². The lowest BCUT2D eigenvalue weighted by molar-refractivity contribution is 0.652. The van der Waals surface area contributed by atoms with E-state index >= 15 is 0 Å². The first-order valence-electron chi connectivity index (χ1n) is 4.25. The second kappa shape index (κ2) is 3.95. The smallest absolute Gasteiger partial charge is 0.331 e. The van der Waals surface area contributed by atoms with Gasteiger partial charge in [-0.05, 0) is 6.92 Å². The molecule has 1 aromatic heterocycles. The molecule has 0 bridgehead atoms. The van der Waals surface area contributed by atoms with Crippen LogP contribution in [0.5, 0.6) is 0 Å². The standard InChI is InChI=1S/C9H13N3O2/c1-3-4-5-12-8(13)7(10)6-11(2)9(12)14/h3-4,6H,5,10H2,1-2H3/b4-3+. The minimum atomic E-state index is -0.439. The summed E-state index contributed by atoms with van der Waals surface area (Å²) in [7, 11) is 1.56. The number of aromatic nitrogens is 2. The average Bonchev–Trinajstić information content (AvgIpc) is 2.15. The summed E-state index contributed by atoms with van der Waals surface area (Å²) in [6.45, 7) is 2.08. The predicted octanol–water partition coefficient (Wildman–Crippen LogP) is -0.295. The van der Waals surface area contributed by atoms with Gasteiger partial charge in [0.2, 0.25) is 0 Å². The molecule has 0 aliphatic carbocycles. The number of nitrogens with zero attached hydrogens (tertiary/aromatic N) is 2. The van der Waals surface area contributed by atoms with E-state index < -0.39 is 5.56 Å². The highest BCUT2D eigenvalue weighted by atomic mass is 16.2. The van der Waals surface area contributed by atoms with Crippen molar-refractivity contribution in [3.05, 3.63) is 39.2 Å². The summed E-state index contributed by atoms with van der Waals surface area (Å²) in [5, 5.41) is 0. The summed E-state index contributed by atoms with van der Waals surface area (Å²) >= 11 is 0. The summed E-state index contributed by atoms with van der Waals surface area (Å²) in [5.41, 5.74) is 4.73. The van der Waals surface area contributed by atoms with E-state index in [9.17, 15) is 9.59 Å². The lowest BCUT2D eigenvalue weighted by Gasteiger charge is -2.05. The molecule has 0 radical (unpaired) electrons. The van der Waals surface area contributed by atoms with Crippen molar-refractivity contribution in [1.82, 2.24) is 9.13 Å². The third-order valence-corrected chi connectivity index (χ3v) is 1.88. The van der Waals surface area contributed by atoms with Crippen molar-refractivity contribution in [2.75, 3.05) is 5.73 Å². The minimum Gasteiger partial charge on any atom is -0.393 e. The molecule has 0 unspecified atom stereocenters. The summed E-state index contributed by atoms with van der Waals surface area (Å²) < 4.78 is 2.38. The van der Waals surface area contributed by atoms with Crippen LogP contribution in [0.15, 0.2) is 27.9 Å². The van der Waals surface area contributed by atoms with E-state index in [4.69, 9.17) is 5.73 Å². The monoisotopic (exact) mass is 195 g/mol. The molecule has 5 heteroatoms. The zero-order valence-corrected chi connectivity index (χ0v) is 8.23. The first kappa shape index (κ1) is 10.3. The van der Waals surface area contributed by atoms with E-state index in [0.717, 1.165) is 4.57 Å². The molecule has 0 saturated carbocycles. The average molecular weight is 195 g/mol. The van der Waals surface area contributed by atoms with Gasteiger partial charge in [-0.3, -0.25) is 9.36 Å². The molecule has 2 N–H and O–H groups in total. The molecule has 0 atom stereocenters. The van der Waals surface area contributed by atoms with Crippen LogP contribution in [-0.4, -0.2) is 9.13 Å². The van der Waals surface area contributed by atoms with Crippen molar-refractivity contribution in [2.24, 2.45) is 7.05 Å². The van der Waals surface area contributed by atoms with Crippen molar-refractivity contribution in [3.8, 4) is 0 Å². The highest BCUT2D eigenvalue weighted by Gasteiger charge is 2.04. The molecule has 0 aliphatic rings. The van der Waals surface area contributed by atoms with Crippen molar-refractivity contribution in [2.45, 2.75) is 13.5 Å². The normalized spacial score (nSPS) is 11.0. The highest BCUT2D eigenvalue weighted by Crippen LogP contribution is 1.87. The molecular formula is C9H13N3O2. The molecular weight excluding hydrogens is 182 g/mol. The third-order valence-electron chi connectivity index (χ3n) is 1.88. The van der Waals surface area contributed by atoms with Gasteiger partial charge in [0.05, 0.1) is 0 Å². The number of rotatable bonds is 2. The maximum Gasteiger partial charge on any atom is 0.331 e. The van der Waals surface area contributed by atoms with Crippen LogP contribution in [0.4, 0.5) is 5.69 Å². The maximum atomic E-state index is 11.5. The molecule has 0 fully saturated rings. The lowest BCUT2D eigenvalue weighted by Crippen LogP contribution is -2.39. The predicted molar refractivity (Wildman–Crippen MR) is 55.2 cm³/mol. The van der Waals surface area contributed by atoms with E-state index in [1.165, 1.54) is 10.8 Å². The Bertz CT molecular complexity index is 434. The van der Waals surface area contributed by atoms with Crippen LogP contribution in [0, 0.1) is 0 Å². The molecule has 0 aliphatic heterocycles.